The maximum Gasteiger partial charge on any atom is 0.233 e. The number of benzene rings is 1. The molecule has 0 aromatic heterocycles. The summed E-state index contributed by atoms with van der Waals surface area (Å²) in [5, 5.41) is 0. The van der Waals surface area contributed by atoms with E-state index in [0.29, 0.717) is 13.1 Å². The zero-order valence-electron chi connectivity index (χ0n) is 14.4. The number of aryl methyl sites for hydroxylation is 2. The number of hydrogen-bond acceptors (Lipinski definition) is 2. The van der Waals surface area contributed by atoms with Gasteiger partial charge in [-0.05, 0) is 38.7 Å². The van der Waals surface area contributed by atoms with Gasteiger partial charge in [-0.3, -0.25) is 9.59 Å². The van der Waals surface area contributed by atoms with Gasteiger partial charge in [-0.1, -0.05) is 29.3 Å². The van der Waals surface area contributed by atoms with Crippen LogP contribution in [0.2, 0.25) is 0 Å². The van der Waals surface area contributed by atoms with E-state index in [1.54, 1.807) is 6.92 Å². The number of hydrogen-bond donors (Lipinski definition) is 0. The Labute approximate surface area is 138 Å². The third-order valence-electron chi connectivity index (χ3n) is 5.16. The summed E-state index contributed by atoms with van der Waals surface area (Å²) >= 11 is 0. The van der Waals surface area contributed by atoms with Crippen molar-refractivity contribution in [2.24, 2.45) is 0 Å². The van der Waals surface area contributed by atoms with Gasteiger partial charge in [0.1, 0.15) is 0 Å². The van der Waals surface area contributed by atoms with E-state index < -0.39 is 0 Å². The molecule has 23 heavy (non-hydrogen) atoms. The van der Waals surface area contributed by atoms with E-state index in [1.165, 1.54) is 16.7 Å². The molecular formula is C19H26N2O2. The topological polar surface area (TPSA) is 40.6 Å². The second-order valence-electron chi connectivity index (χ2n) is 7.11. The van der Waals surface area contributed by atoms with Gasteiger partial charge in [0.25, 0.3) is 0 Å². The Morgan fingerprint density at radius 1 is 0.913 bits per heavy atom. The van der Waals surface area contributed by atoms with Crippen LogP contribution in [0.25, 0.3) is 0 Å². The van der Waals surface area contributed by atoms with Crippen molar-refractivity contribution in [3.63, 3.8) is 0 Å². The van der Waals surface area contributed by atoms with Crippen molar-refractivity contribution in [1.82, 2.24) is 9.80 Å². The molecule has 1 heterocycles. The summed E-state index contributed by atoms with van der Waals surface area (Å²) in [6.45, 7) is 8.62. The van der Waals surface area contributed by atoms with Gasteiger partial charge in [-0.25, -0.2) is 0 Å². The molecule has 1 aromatic rings. The van der Waals surface area contributed by atoms with Crippen LogP contribution in [0.4, 0.5) is 0 Å². The second kappa shape index (κ2) is 5.99. The van der Waals surface area contributed by atoms with Crippen molar-refractivity contribution in [3.8, 4) is 0 Å². The average Bonchev–Trinajstić information content (AvgIpc) is 3.30. The molecule has 0 spiro atoms. The number of amides is 2. The van der Waals surface area contributed by atoms with Gasteiger partial charge < -0.3 is 9.80 Å². The minimum absolute atomic E-state index is 0.106. The van der Waals surface area contributed by atoms with E-state index in [0.717, 1.165) is 32.4 Å². The first-order chi connectivity index (χ1) is 10.9. The van der Waals surface area contributed by atoms with Crippen LogP contribution in [0, 0.1) is 13.8 Å². The summed E-state index contributed by atoms with van der Waals surface area (Å²) in [6.07, 6.45) is 2.76. The first-order valence-electron chi connectivity index (χ1n) is 8.56. The van der Waals surface area contributed by atoms with Gasteiger partial charge in [0.05, 0.1) is 5.41 Å². The van der Waals surface area contributed by atoms with Crippen molar-refractivity contribution in [1.29, 1.82) is 0 Å². The highest BCUT2D eigenvalue weighted by atomic mass is 16.2. The highest BCUT2D eigenvalue weighted by Crippen LogP contribution is 2.50. The Bertz CT molecular complexity index is 614. The smallest absolute Gasteiger partial charge is 0.233 e. The van der Waals surface area contributed by atoms with Crippen LogP contribution >= 0.6 is 0 Å². The highest BCUT2D eigenvalue weighted by Gasteiger charge is 2.53. The van der Waals surface area contributed by atoms with E-state index in [9.17, 15) is 9.59 Å². The molecule has 0 radical (unpaired) electrons. The van der Waals surface area contributed by atoms with Crippen molar-refractivity contribution >= 4 is 11.8 Å². The number of rotatable bonds is 2. The van der Waals surface area contributed by atoms with Crippen molar-refractivity contribution < 1.29 is 9.59 Å². The SMILES string of the molecule is CC(=O)N1CCCN(C(=O)C2(c3cc(C)cc(C)c3)CC2)CC1. The molecule has 4 nitrogen and oxygen atoms in total. The lowest BCUT2D eigenvalue weighted by atomic mass is 9.91. The average molecular weight is 314 g/mol. The lowest BCUT2D eigenvalue weighted by Gasteiger charge is -2.27. The molecule has 0 N–H and O–H groups in total. The number of nitrogens with zero attached hydrogens (tertiary/aromatic N) is 2. The molecule has 1 aromatic carbocycles. The van der Waals surface area contributed by atoms with Gasteiger partial charge in [0, 0.05) is 33.1 Å². The van der Waals surface area contributed by atoms with Crippen LogP contribution in [0.15, 0.2) is 18.2 Å². The van der Waals surface area contributed by atoms with Gasteiger partial charge in [-0.2, -0.15) is 0 Å². The van der Waals surface area contributed by atoms with E-state index in [1.807, 2.05) is 9.80 Å². The molecule has 1 saturated carbocycles. The maximum atomic E-state index is 13.2. The molecule has 3 rings (SSSR count). The summed E-state index contributed by atoms with van der Waals surface area (Å²) < 4.78 is 0. The van der Waals surface area contributed by atoms with Crippen LogP contribution in [0.5, 0.6) is 0 Å². The third kappa shape index (κ3) is 3.12. The molecule has 0 atom stereocenters. The molecule has 1 aliphatic carbocycles. The fourth-order valence-electron chi connectivity index (χ4n) is 3.74. The summed E-state index contributed by atoms with van der Waals surface area (Å²) in [5.41, 5.74) is 3.31. The van der Waals surface area contributed by atoms with E-state index in [-0.39, 0.29) is 17.2 Å². The molecule has 0 unspecified atom stereocenters. The van der Waals surface area contributed by atoms with E-state index in [2.05, 4.69) is 32.0 Å². The van der Waals surface area contributed by atoms with Crippen LogP contribution in [0.1, 0.15) is 42.9 Å². The Kier molecular flexibility index (Phi) is 4.17. The lowest BCUT2D eigenvalue weighted by molar-refractivity contribution is -0.134. The van der Waals surface area contributed by atoms with Crippen LogP contribution in [-0.2, 0) is 15.0 Å². The Morgan fingerprint density at radius 3 is 2.04 bits per heavy atom. The summed E-state index contributed by atoms with van der Waals surface area (Å²) in [6, 6.07) is 6.48. The Balaban J connectivity index is 1.78. The van der Waals surface area contributed by atoms with E-state index >= 15 is 0 Å². The molecular weight excluding hydrogens is 288 g/mol. The second-order valence-corrected chi connectivity index (χ2v) is 7.11. The fraction of sp³-hybridized carbons (Fsp3) is 0.579. The zero-order chi connectivity index (χ0) is 16.6. The zero-order valence-corrected chi connectivity index (χ0v) is 14.4. The maximum absolute atomic E-state index is 13.2. The highest BCUT2D eigenvalue weighted by molar-refractivity contribution is 5.91. The van der Waals surface area contributed by atoms with Crippen molar-refractivity contribution in [2.75, 3.05) is 26.2 Å². The number of carbonyl (C=O) groups is 2. The first-order valence-corrected chi connectivity index (χ1v) is 8.56. The third-order valence-corrected chi connectivity index (χ3v) is 5.16. The normalized spacial score (nSPS) is 20.1. The molecule has 2 fully saturated rings. The monoisotopic (exact) mass is 314 g/mol. The molecule has 2 aliphatic rings. The Hall–Kier alpha value is -1.84. The predicted octanol–water partition coefficient (Wildman–Crippen LogP) is 2.42. The summed E-state index contributed by atoms with van der Waals surface area (Å²) in [7, 11) is 0. The van der Waals surface area contributed by atoms with Crippen LogP contribution in [-0.4, -0.2) is 47.8 Å². The minimum atomic E-state index is -0.303. The fourth-order valence-corrected chi connectivity index (χ4v) is 3.74. The lowest BCUT2D eigenvalue weighted by Crippen LogP contribution is -2.42. The molecule has 124 valence electrons. The van der Waals surface area contributed by atoms with Crippen LogP contribution < -0.4 is 0 Å². The van der Waals surface area contributed by atoms with E-state index in [4.69, 9.17) is 0 Å². The standard InChI is InChI=1S/C19H26N2O2/c1-14-11-15(2)13-17(12-14)19(5-6-19)18(23)21-8-4-7-20(9-10-21)16(3)22/h11-13H,4-10H2,1-3H3. The van der Waals surface area contributed by atoms with Gasteiger partial charge >= 0.3 is 0 Å². The van der Waals surface area contributed by atoms with Crippen molar-refractivity contribution in [3.05, 3.63) is 34.9 Å². The minimum Gasteiger partial charge on any atom is -0.341 e. The molecule has 1 aliphatic heterocycles. The largest absolute Gasteiger partial charge is 0.341 e. The van der Waals surface area contributed by atoms with Gasteiger partial charge in [-0.15, -0.1) is 0 Å². The first kappa shape index (κ1) is 16.0. The predicted molar refractivity (Wildman–Crippen MR) is 90.3 cm³/mol. The van der Waals surface area contributed by atoms with Crippen molar-refractivity contribution in [2.45, 2.75) is 45.4 Å². The quantitative estimate of drug-likeness (QED) is 0.841. The summed E-state index contributed by atoms with van der Waals surface area (Å²) in [5.74, 6) is 0.364. The molecule has 2 amide bonds. The molecule has 0 bridgehead atoms. The molecule has 1 saturated heterocycles. The number of carbonyl (C=O) groups excluding carboxylic acids is 2. The molecule has 4 heteroatoms. The van der Waals surface area contributed by atoms with Gasteiger partial charge in [0.2, 0.25) is 11.8 Å². The summed E-state index contributed by atoms with van der Waals surface area (Å²) in [4.78, 5) is 28.5. The Morgan fingerprint density at radius 2 is 1.48 bits per heavy atom. The van der Waals surface area contributed by atoms with Crippen LogP contribution in [0.3, 0.4) is 0 Å². The van der Waals surface area contributed by atoms with Gasteiger partial charge in [0.15, 0.2) is 0 Å².